The van der Waals surface area contributed by atoms with Crippen LogP contribution < -0.4 is 15.8 Å². The van der Waals surface area contributed by atoms with Crippen molar-refractivity contribution in [3.05, 3.63) is 45.6 Å². The van der Waals surface area contributed by atoms with E-state index in [0.717, 1.165) is 42.2 Å². The van der Waals surface area contributed by atoms with Gasteiger partial charge in [0.2, 0.25) is 0 Å². The molecule has 24 heavy (non-hydrogen) atoms. The third kappa shape index (κ3) is 4.29. The van der Waals surface area contributed by atoms with Gasteiger partial charge < -0.3 is 15.8 Å². The van der Waals surface area contributed by atoms with E-state index in [1.807, 2.05) is 29.6 Å². The number of anilines is 1. The van der Waals surface area contributed by atoms with Crippen LogP contribution in [-0.2, 0) is 12.8 Å². The average Bonchev–Trinajstić information content (AvgIpc) is 2.97. The van der Waals surface area contributed by atoms with Gasteiger partial charge in [-0.3, -0.25) is 4.79 Å². The molecule has 3 N–H and O–H groups in total. The average molecular weight is 367 g/mol. The summed E-state index contributed by atoms with van der Waals surface area (Å²) in [4.78, 5) is 13.9. The molecule has 1 aliphatic carbocycles. The number of benzene rings is 1. The first-order chi connectivity index (χ1) is 11.2. The van der Waals surface area contributed by atoms with Crippen molar-refractivity contribution >= 4 is 35.3 Å². The lowest BCUT2D eigenvalue weighted by Gasteiger charge is -2.18. The van der Waals surface area contributed by atoms with E-state index in [1.165, 1.54) is 10.4 Å². The molecule has 0 saturated heterocycles. The molecule has 6 heteroatoms. The van der Waals surface area contributed by atoms with Crippen LogP contribution in [0.15, 0.2) is 29.6 Å². The summed E-state index contributed by atoms with van der Waals surface area (Å²) < 4.78 is 5.44. The standard InChI is InChI=1S/C18H22N2O2S.ClH/c1-12-2-7-15-16(11-23-17(15)10-12)18(21)20-13-3-5-14(6-4-13)22-9-8-19;/h3-6,11-12H,2,7-10,19H2,1H3,(H,20,21);1H. The van der Waals surface area contributed by atoms with Crippen molar-refractivity contribution in [1.29, 1.82) is 0 Å². The van der Waals surface area contributed by atoms with Crippen LogP contribution in [0, 0.1) is 5.92 Å². The maximum atomic E-state index is 12.5. The van der Waals surface area contributed by atoms with Gasteiger partial charge in [-0.2, -0.15) is 0 Å². The van der Waals surface area contributed by atoms with E-state index in [4.69, 9.17) is 10.5 Å². The number of ether oxygens (including phenoxy) is 1. The van der Waals surface area contributed by atoms with Crippen LogP contribution in [0.5, 0.6) is 5.75 Å². The fourth-order valence-corrected chi connectivity index (χ4v) is 4.12. The molecule has 0 aliphatic heterocycles. The van der Waals surface area contributed by atoms with E-state index >= 15 is 0 Å². The summed E-state index contributed by atoms with van der Waals surface area (Å²) in [5, 5.41) is 4.97. The van der Waals surface area contributed by atoms with Gasteiger partial charge in [0.05, 0.1) is 5.56 Å². The zero-order valence-electron chi connectivity index (χ0n) is 13.7. The maximum absolute atomic E-state index is 12.5. The molecule has 130 valence electrons. The lowest BCUT2D eigenvalue weighted by Crippen LogP contribution is -2.16. The third-order valence-electron chi connectivity index (χ3n) is 4.15. The van der Waals surface area contributed by atoms with Gasteiger partial charge in [0.15, 0.2) is 0 Å². The molecule has 0 bridgehead atoms. The Morgan fingerprint density at radius 3 is 2.83 bits per heavy atom. The predicted octanol–water partition coefficient (Wildman–Crippen LogP) is 3.88. The molecule has 0 saturated carbocycles. The summed E-state index contributed by atoms with van der Waals surface area (Å²) >= 11 is 1.71. The highest BCUT2D eigenvalue weighted by Crippen LogP contribution is 2.33. The molecule has 0 spiro atoms. The van der Waals surface area contributed by atoms with Gasteiger partial charge in [-0.1, -0.05) is 6.92 Å². The summed E-state index contributed by atoms with van der Waals surface area (Å²) in [6, 6.07) is 7.39. The number of thiophene rings is 1. The molecule has 2 aromatic rings. The Balaban J connectivity index is 0.00000208. The first-order valence-corrected chi connectivity index (χ1v) is 8.89. The Labute approximate surface area is 152 Å². The van der Waals surface area contributed by atoms with Crippen molar-refractivity contribution in [3.8, 4) is 5.75 Å². The van der Waals surface area contributed by atoms with Gasteiger partial charge in [0, 0.05) is 22.5 Å². The highest BCUT2D eigenvalue weighted by Gasteiger charge is 2.23. The Morgan fingerprint density at radius 2 is 2.12 bits per heavy atom. The molecule has 1 amide bonds. The molecule has 0 radical (unpaired) electrons. The van der Waals surface area contributed by atoms with Crippen LogP contribution in [0.1, 0.15) is 34.1 Å². The topological polar surface area (TPSA) is 64.3 Å². The fraction of sp³-hybridized carbons (Fsp3) is 0.389. The SMILES string of the molecule is CC1CCc2c(C(=O)Nc3ccc(OCCN)cc3)csc2C1.Cl. The van der Waals surface area contributed by atoms with Crippen LogP contribution in [-0.4, -0.2) is 19.1 Å². The monoisotopic (exact) mass is 366 g/mol. The van der Waals surface area contributed by atoms with Crippen LogP contribution in [0.2, 0.25) is 0 Å². The number of hydrogen-bond acceptors (Lipinski definition) is 4. The van der Waals surface area contributed by atoms with E-state index in [2.05, 4.69) is 12.2 Å². The maximum Gasteiger partial charge on any atom is 0.256 e. The highest BCUT2D eigenvalue weighted by molar-refractivity contribution is 7.10. The first-order valence-electron chi connectivity index (χ1n) is 8.01. The second-order valence-electron chi connectivity index (χ2n) is 6.01. The number of hydrogen-bond donors (Lipinski definition) is 2. The summed E-state index contributed by atoms with van der Waals surface area (Å²) in [6.45, 7) is 3.25. The zero-order valence-corrected chi connectivity index (χ0v) is 15.3. The van der Waals surface area contributed by atoms with Gasteiger partial charge in [-0.15, -0.1) is 23.7 Å². The van der Waals surface area contributed by atoms with Gasteiger partial charge in [0.25, 0.3) is 5.91 Å². The second-order valence-corrected chi connectivity index (χ2v) is 6.98. The largest absolute Gasteiger partial charge is 0.492 e. The summed E-state index contributed by atoms with van der Waals surface area (Å²) in [5.74, 6) is 1.46. The fourth-order valence-electron chi connectivity index (χ4n) is 2.88. The first kappa shape index (κ1) is 18.8. The molecular weight excluding hydrogens is 344 g/mol. The molecule has 1 aromatic carbocycles. The third-order valence-corrected chi connectivity index (χ3v) is 5.20. The Bertz CT molecular complexity index is 685. The number of halogens is 1. The van der Waals surface area contributed by atoms with Crippen molar-refractivity contribution in [2.75, 3.05) is 18.5 Å². The number of rotatable bonds is 5. The van der Waals surface area contributed by atoms with E-state index in [-0.39, 0.29) is 18.3 Å². The van der Waals surface area contributed by atoms with E-state index in [9.17, 15) is 4.79 Å². The quantitative estimate of drug-likeness (QED) is 0.843. The van der Waals surface area contributed by atoms with Crippen molar-refractivity contribution in [2.24, 2.45) is 11.7 Å². The lowest BCUT2D eigenvalue weighted by molar-refractivity contribution is 0.102. The van der Waals surface area contributed by atoms with Gasteiger partial charge in [-0.25, -0.2) is 0 Å². The summed E-state index contributed by atoms with van der Waals surface area (Å²) in [7, 11) is 0. The van der Waals surface area contributed by atoms with Crippen LogP contribution in [0.4, 0.5) is 5.69 Å². The summed E-state index contributed by atoms with van der Waals surface area (Å²) in [5.41, 5.74) is 8.26. The molecule has 1 atom stereocenters. The molecule has 4 nitrogen and oxygen atoms in total. The van der Waals surface area contributed by atoms with Gasteiger partial charge in [-0.05, 0) is 55.0 Å². The van der Waals surface area contributed by atoms with E-state index in [0.29, 0.717) is 13.2 Å². The molecule has 1 aliphatic rings. The minimum atomic E-state index is -0.0207. The normalized spacial score (nSPS) is 16.0. The Morgan fingerprint density at radius 1 is 1.38 bits per heavy atom. The molecule has 1 heterocycles. The highest BCUT2D eigenvalue weighted by atomic mass is 35.5. The molecular formula is C18H23ClN2O2S. The number of nitrogens with one attached hydrogen (secondary N) is 1. The number of carbonyl (C=O) groups is 1. The minimum absolute atomic E-state index is 0. The number of amides is 1. The Hall–Kier alpha value is -1.56. The predicted molar refractivity (Wildman–Crippen MR) is 102 cm³/mol. The van der Waals surface area contributed by atoms with E-state index < -0.39 is 0 Å². The van der Waals surface area contributed by atoms with E-state index in [1.54, 1.807) is 11.3 Å². The lowest BCUT2D eigenvalue weighted by atomic mass is 9.88. The van der Waals surface area contributed by atoms with Crippen molar-refractivity contribution in [2.45, 2.75) is 26.2 Å². The molecule has 0 fully saturated rings. The van der Waals surface area contributed by atoms with Crippen molar-refractivity contribution < 1.29 is 9.53 Å². The second kappa shape index (κ2) is 8.51. The van der Waals surface area contributed by atoms with Crippen molar-refractivity contribution in [1.82, 2.24) is 0 Å². The van der Waals surface area contributed by atoms with Gasteiger partial charge in [0.1, 0.15) is 12.4 Å². The number of carbonyl (C=O) groups excluding carboxylic acids is 1. The molecule has 3 rings (SSSR count). The molecule has 1 aromatic heterocycles. The van der Waals surface area contributed by atoms with Crippen molar-refractivity contribution in [3.63, 3.8) is 0 Å². The van der Waals surface area contributed by atoms with Gasteiger partial charge >= 0.3 is 0 Å². The van der Waals surface area contributed by atoms with Crippen LogP contribution >= 0.6 is 23.7 Å². The number of fused-ring (bicyclic) bond motifs is 1. The minimum Gasteiger partial charge on any atom is -0.492 e. The number of nitrogens with two attached hydrogens (primary N) is 1. The zero-order chi connectivity index (χ0) is 16.2. The smallest absolute Gasteiger partial charge is 0.256 e. The summed E-state index contributed by atoms with van der Waals surface area (Å²) in [6.07, 6.45) is 3.27. The van der Waals surface area contributed by atoms with Crippen LogP contribution in [0.3, 0.4) is 0 Å². The molecule has 1 unspecified atom stereocenters. The van der Waals surface area contributed by atoms with Crippen LogP contribution in [0.25, 0.3) is 0 Å². The Kier molecular flexibility index (Phi) is 6.66.